The van der Waals surface area contributed by atoms with E-state index in [-0.39, 0.29) is 18.0 Å². The van der Waals surface area contributed by atoms with E-state index in [1.807, 2.05) is 27.7 Å². The van der Waals surface area contributed by atoms with Crippen LogP contribution in [0.5, 0.6) is 0 Å². The second-order valence-corrected chi connectivity index (χ2v) is 8.41. The van der Waals surface area contributed by atoms with Crippen molar-refractivity contribution in [3.63, 3.8) is 0 Å². The molecule has 0 bridgehead atoms. The third kappa shape index (κ3) is 5.42. The van der Waals surface area contributed by atoms with Gasteiger partial charge < -0.3 is 29.6 Å². The highest BCUT2D eigenvalue weighted by atomic mass is 16.6. The third-order valence-electron chi connectivity index (χ3n) is 4.85. The molecule has 1 unspecified atom stereocenters. The first-order valence-electron chi connectivity index (χ1n) is 10.1. The van der Waals surface area contributed by atoms with Crippen LogP contribution in [0.15, 0.2) is 21.7 Å². The molecule has 3 rings (SSSR count). The van der Waals surface area contributed by atoms with Crippen molar-refractivity contribution >= 4 is 18.0 Å². The highest BCUT2D eigenvalue weighted by Crippen LogP contribution is 2.18. The molecule has 0 saturated carbocycles. The number of aryl methyl sites for hydroxylation is 1. The lowest BCUT2D eigenvalue weighted by Crippen LogP contribution is -2.57. The number of carbonyl (C=O) groups excluding carboxylic acids is 2. The van der Waals surface area contributed by atoms with Gasteiger partial charge in [-0.15, -0.1) is 0 Å². The Morgan fingerprint density at radius 3 is 2.79 bits per heavy atom. The molecule has 2 aliphatic heterocycles. The largest absolute Gasteiger partial charge is 0.459 e. The minimum atomic E-state index is -0.488. The monoisotopic (exact) mass is 405 g/mol. The van der Waals surface area contributed by atoms with Crippen molar-refractivity contribution < 1.29 is 18.7 Å². The summed E-state index contributed by atoms with van der Waals surface area (Å²) in [6, 6.07) is 1.95. The van der Waals surface area contributed by atoms with E-state index >= 15 is 0 Å². The Bertz CT molecular complexity index is 767. The van der Waals surface area contributed by atoms with Gasteiger partial charge in [0, 0.05) is 38.3 Å². The summed E-state index contributed by atoms with van der Waals surface area (Å²) < 4.78 is 10.7. The number of rotatable bonds is 5. The number of carbonyl (C=O) groups is 2. The molecule has 2 N–H and O–H groups in total. The number of ether oxygens (including phenoxy) is 1. The number of furan rings is 1. The Morgan fingerprint density at radius 1 is 1.31 bits per heavy atom. The van der Waals surface area contributed by atoms with E-state index in [9.17, 15) is 9.59 Å². The maximum absolute atomic E-state index is 12.3. The topological polar surface area (TPSA) is 99.4 Å². The van der Waals surface area contributed by atoms with E-state index in [4.69, 9.17) is 9.15 Å². The summed E-state index contributed by atoms with van der Waals surface area (Å²) in [6.45, 7) is 11.3. The van der Waals surface area contributed by atoms with Crippen molar-refractivity contribution in [1.82, 2.24) is 20.4 Å². The Hall–Kier alpha value is -2.71. The van der Waals surface area contributed by atoms with E-state index in [1.165, 1.54) is 6.26 Å². The molecular weight excluding hydrogens is 374 g/mol. The summed E-state index contributed by atoms with van der Waals surface area (Å²) in [5.74, 6) is 1.04. The average Bonchev–Trinajstić information content (AvgIpc) is 3.25. The van der Waals surface area contributed by atoms with Gasteiger partial charge >= 0.3 is 6.09 Å². The number of nitrogens with one attached hydrogen (secondary N) is 2. The minimum Gasteiger partial charge on any atom is -0.459 e. The molecule has 0 radical (unpaired) electrons. The number of hydrogen-bond donors (Lipinski definition) is 2. The molecule has 1 aromatic heterocycles. The van der Waals surface area contributed by atoms with E-state index < -0.39 is 5.60 Å². The average molecular weight is 405 g/mol. The van der Waals surface area contributed by atoms with Crippen LogP contribution in [0.4, 0.5) is 4.79 Å². The molecular formula is C20H31N5O4. The van der Waals surface area contributed by atoms with Crippen LogP contribution in [-0.4, -0.2) is 78.7 Å². The quantitative estimate of drug-likeness (QED) is 0.722. The summed E-state index contributed by atoms with van der Waals surface area (Å²) in [5.41, 5.74) is 0.343. The molecule has 3 heterocycles. The minimum absolute atomic E-state index is 0.181. The Morgan fingerprint density at radius 2 is 2.10 bits per heavy atom. The lowest BCUT2D eigenvalue weighted by molar-refractivity contribution is 0.0137. The van der Waals surface area contributed by atoms with Gasteiger partial charge in [0.1, 0.15) is 5.60 Å². The van der Waals surface area contributed by atoms with Gasteiger partial charge in [-0.1, -0.05) is 0 Å². The lowest BCUT2D eigenvalue weighted by atomic mass is 10.2. The van der Waals surface area contributed by atoms with Crippen LogP contribution in [0.3, 0.4) is 0 Å². The third-order valence-corrected chi connectivity index (χ3v) is 4.85. The van der Waals surface area contributed by atoms with E-state index in [2.05, 4.69) is 20.5 Å². The van der Waals surface area contributed by atoms with E-state index in [1.54, 1.807) is 11.0 Å². The van der Waals surface area contributed by atoms with Gasteiger partial charge in [-0.25, -0.2) is 4.79 Å². The molecule has 2 amide bonds. The highest BCUT2D eigenvalue weighted by Gasteiger charge is 2.36. The van der Waals surface area contributed by atoms with Crippen molar-refractivity contribution in [3.8, 4) is 0 Å². The number of hydrogen-bond acceptors (Lipinski definition) is 7. The van der Waals surface area contributed by atoms with Gasteiger partial charge in [-0.3, -0.25) is 9.79 Å². The maximum atomic E-state index is 12.3. The van der Waals surface area contributed by atoms with Crippen LogP contribution >= 0.6 is 0 Å². The van der Waals surface area contributed by atoms with Gasteiger partial charge in [-0.2, -0.15) is 0 Å². The summed E-state index contributed by atoms with van der Waals surface area (Å²) in [7, 11) is 0. The molecule has 1 aromatic rings. The number of piperazine rings is 1. The van der Waals surface area contributed by atoms with Crippen molar-refractivity contribution in [2.75, 3.05) is 39.3 Å². The van der Waals surface area contributed by atoms with Crippen LogP contribution in [0.25, 0.3) is 0 Å². The molecule has 0 aliphatic carbocycles. The first kappa shape index (κ1) is 21.0. The van der Waals surface area contributed by atoms with Crippen molar-refractivity contribution in [3.05, 3.63) is 23.7 Å². The van der Waals surface area contributed by atoms with Crippen LogP contribution in [-0.2, 0) is 4.74 Å². The zero-order valence-electron chi connectivity index (χ0n) is 17.7. The lowest BCUT2D eigenvalue weighted by Gasteiger charge is -2.39. The predicted molar refractivity (Wildman–Crippen MR) is 109 cm³/mol. The van der Waals surface area contributed by atoms with Gasteiger partial charge in [0.25, 0.3) is 5.91 Å². The predicted octanol–water partition coefficient (Wildman–Crippen LogP) is 1.59. The Kier molecular flexibility index (Phi) is 6.34. The second-order valence-electron chi connectivity index (χ2n) is 8.41. The number of nitrogens with zero attached hydrogens (tertiary/aromatic N) is 3. The smallest absolute Gasteiger partial charge is 0.410 e. The van der Waals surface area contributed by atoms with Crippen LogP contribution < -0.4 is 10.6 Å². The number of aliphatic imine (C=N–C) groups is 1. The van der Waals surface area contributed by atoms with Crippen LogP contribution in [0.1, 0.15) is 43.3 Å². The number of fused-ring (bicyclic) bond motifs is 1. The van der Waals surface area contributed by atoms with Gasteiger partial charge in [0.2, 0.25) is 0 Å². The van der Waals surface area contributed by atoms with Crippen molar-refractivity contribution in [1.29, 1.82) is 0 Å². The highest BCUT2D eigenvalue weighted by molar-refractivity contribution is 5.92. The summed E-state index contributed by atoms with van der Waals surface area (Å²) >= 11 is 0. The second kappa shape index (κ2) is 8.75. The van der Waals surface area contributed by atoms with E-state index in [0.29, 0.717) is 38.5 Å². The first-order valence-corrected chi connectivity index (χ1v) is 10.1. The normalized spacial score (nSPS) is 18.9. The van der Waals surface area contributed by atoms with E-state index in [0.717, 1.165) is 24.5 Å². The zero-order chi connectivity index (χ0) is 21.0. The maximum Gasteiger partial charge on any atom is 0.410 e. The van der Waals surface area contributed by atoms with Gasteiger partial charge in [-0.05, 0) is 40.2 Å². The molecule has 2 aliphatic rings. The molecule has 160 valence electrons. The fourth-order valence-electron chi connectivity index (χ4n) is 3.40. The molecule has 29 heavy (non-hydrogen) atoms. The molecule has 0 spiro atoms. The zero-order valence-corrected chi connectivity index (χ0v) is 17.7. The Balaban J connectivity index is 1.36. The number of amides is 2. The summed E-state index contributed by atoms with van der Waals surface area (Å²) in [6.07, 6.45) is 2.02. The molecule has 1 saturated heterocycles. The molecule has 9 nitrogen and oxygen atoms in total. The first-order chi connectivity index (χ1) is 13.7. The molecule has 1 atom stereocenters. The van der Waals surface area contributed by atoms with Gasteiger partial charge in [0.05, 0.1) is 18.8 Å². The SMILES string of the molecule is Cc1ccoc1C(=O)NCCCNC1=NCC2CN(C(=O)OC(C)(C)C)CCN12. The van der Waals surface area contributed by atoms with Crippen molar-refractivity contribution in [2.45, 2.75) is 45.8 Å². The molecule has 9 heteroatoms. The Labute approximate surface area is 171 Å². The fraction of sp³-hybridized carbons (Fsp3) is 0.650. The standard InChI is InChI=1S/C20H31N5O4/c1-14-6-11-28-16(14)17(26)21-7-5-8-22-18-23-12-15-13-24(9-10-25(15)18)19(27)29-20(2,3)4/h6,11,15H,5,7-10,12-13H2,1-4H3,(H,21,26)(H,22,23). The van der Waals surface area contributed by atoms with Gasteiger partial charge in [0.15, 0.2) is 11.7 Å². The van der Waals surface area contributed by atoms with Crippen molar-refractivity contribution in [2.24, 2.45) is 4.99 Å². The molecule has 1 fully saturated rings. The van der Waals surface area contributed by atoms with Crippen LogP contribution in [0.2, 0.25) is 0 Å². The number of guanidine groups is 1. The summed E-state index contributed by atoms with van der Waals surface area (Å²) in [5, 5.41) is 6.21. The van der Waals surface area contributed by atoms with Crippen LogP contribution in [0, 0.1) is 6.92 Å². The molecule has 0 aromatic carbocycles. The fourth-order valence-corrected chi connectivity index (χ4v) is 3.40. The summed E-state index contributed by atoms with van der Waals surface area (Å²) in [4.78, 5) is 32.8.